The molecule has 0 saturated carbocycles. The van der Waals surface area contributed by atoms with Gasteiger partial charge in [0, 0.05) is 39.1 Å². The fourth-order valence-corrected chi connectivity index (χ4v) is 3.95. The number of hydrogen-bond acceptors (Lipinski definition) is 3. The van der Waals surface area contributed by atoms with Crippen molar-refractivity contribution in [3.05, 3.63) is 0 Å². The number of nitrogens with zero attached hydrogens (tertiary/aromatic N) is 2. The van der Waals surface area contributed by atoms with E-state index in [0.29, 0.717) is 31.3 Å². The number of amides is 2. The summed E-state index contributed by atoms with van der Waals surface area (Å²) in [7, 11) is 0. The third-order valence-corrected chi connectivity index (χ3v) is 4.91. The van der Waals surface area contributed by atoms with Crippen molar-refractivity contribution in [2.24, 2.45) is 11.8 Å². The summed E-state index contributed by atoms with van der Waals surface area (Å²) < 4.78 is 0. The highest BCUT2D eigenvalue weighted by Crippen LogP contribution is 2.20. The Morgan fingerprint density at radius 2 is 1.91 bits per heavy atom. The molecule has 2 fully saturated rings. The largest absolute Gasteiger partial charge is 0.355 e. The number of carbonyl (C=O) groups excluding carboxylic acids is 2. The quantitative estimate of drug-likeness (QED) is 0.759. The molecule has 0 aromatic carbocycles. The molecule has 0 aromatic rings. The van der Waals surface area contributed by atoms with Gasteiger partial charge in [-0.2, -0.15) is 0 Å². The van der Waals surface area contributed by atoms with Crippen LogP contribution < -0.4 is 5.32 Å². The van der Waals surface area contributed by atoms with Gasteiger partial charge >= 0.3 is 0 Å². The zero-order chi connectivity index (χ0) is 16.7. The van der Waals surface area contributed by atoms with Crippen LogP contribution in [0.3, 0.4) is 0 Å². The summed E-state index contributed by atoms with van der Waals surface area (Å²) in [6.07, 6.45) is 6.11. The highest BCUT2D eigenvalue weighted by atomic mass is 16.2. The van der Waals surface area contributed by atoms with E-state index in [2.05, 4.69) is 24.1 Å². The van der Waals surface area contributed by atoms with Crippen molar-refractivity contribution in [1.29, 1.82) is 0 Å². The molecular weight excluding hydrogens is 290 g/mol. The SMILES string of the molecule is CC1CC(C)CN(CC(=O)NCCCN2CCCCCC2=O)C1. The zero-order valence-electron chi connectivity index (χ0n) is 14.9. The van der Waals surface area contributed by atoms with E-state index in [1.165, 1.54) is 6.42 Å². The summed E-state index contributed by atoms with van der Waals surface area (Å²) in [6, 6.07) is 0. The molecule has 0 bridgehead atoms. The standard InChI is InChI=1S/C18H33N3O2/c1-15-11-16(2)13-20(12-15)14-17(22)19-8-6-10-21-9-5-3-4-7-18(21)23/h15-16H,3-14H2,1-2H3,(H,19,22). The lowest BCUT2D eigenvalue weighted by molar-refractivity contribution is -0.130. The number of piperidine rings is 1. The number of likely N-dealkylation sites (tertiary alicyclic amines) is 2. The fourth-order valence-electron chi connectivity index (χ4n) is 3.95. The van der Waals surface area contributed by atoms with E-state index in [0.717, 1.165) is 51.9 Å². The molecule has 2 saturated heterocycles. The van der Waals surface area contributed by atoms with Crippen LogP contribution in [0.5, 0.6) is 0 Å². The molecule has 2 amide bonds. The van der Waals surface area contributed by atoms with Crippen molar-refractivity contribution >= 4 is 11.8 Å². The van der Waals surface area contributed by atoms with Crippen LogP contribution in [0.25, 0.3) is 0 Å². The minimum absolute atomic E-state index is 0.119. The molecule has 2 atom stereocenters. The summed E-state index contributed by atoms with van der Waals surface area (Å²) in [4.78, 5) is 28.2. The molecule has 2 unspecified atom stereocenters. The summed E-state index contributed by atoms with van der Waals surface area (Å²) in [5, 5.41) is 3.01. The molecule has 5 heteroatoms. The van der Waals surface area contributed by atoms with Gasteiger partial charge in [-0.05, 0) is 37.5 Å². The monoisotopic (exact) mass is 323 g/mol. The van der Waals surface area contributed by atoms with E-state index >= 15 is 0 Å². The van der Waals surface area contributed by atoms with Crippen LogP contribution in [0.4, 0.5) is 0 Å². The van der Waals surface area contributed by atoms with Gasteiger partial charge in [0.25, 0.3) is 0 Å². The maximum Gasteiger partial charge on any atom is 0.234 e. The predicted octanol–water partition coefficient (Wildman–Crippen LogP) is 1.87. The van der Waals surface area contributed by atoms with Gasteiger partial charge in [0.05, 0.1) is 6.54 Å². The van der Waals surface area contributed by atoms with Gasteiger partial charge in [-0.15, -0.1) is 0 Å². The molecule has 0 radical (unpaired) electrons. The Morgan fingerprint density at radius 1 is 1.17 bits per heavy atom. The first kappa shape index (κ1) is 18.2. The molecule has 132 valence electrons. The topological polar surface area (TPSA) is 52.7 Å². The Kier molecular flexibility index (Phi) is 7.34. The summed E-state index contributed by atoms with van der Waals surface area (Å²) in [6.45, 7) is 9.42. The van der Waals surface area contributed by atoms with Crippen LogP contribution in [0.2, 0.25) is 0 Å². The first-order valence-electron chi connectivity index (χ1n) is 9.31. The van der Waals surface area contributed by atoms with E-state index in [1.54, 1.807) is 0 Å². The molecule has 23 heavy (non-hydrogen) atoms. The molecule has 2 aliphatic rings. The van der Waals surface area contributed by atoms with Crippen LogP contribution in [0, 0.1) is 11.8 Å². The van der Waals surface area contributed by atoms with E-state index in [9.17, 15) is 9.59 Å². The molecule has 2 aliphatic heterocycles. The molecule has 1 N–H and O–H groups in total. The van der Waals surface area contributed by atoms with Crippen LogP contribution >= 0.6 is 0 Å². The number of nitrogens with one attached hydrogen (secondary N) is 1. The molecule has 2 rings (SSSR count). The summed E-state index contributed by atoms with van der Waals surface area (Å²) in [5.41, 5.74) is 0. The van der Waals surface area contributed by atoms with E-state index in [-0.39, 0.29) is 11.8 Å². The van der Waals surface area contributed by atoms with Crippen molar-refractivity contribution in [2.75, 3.05) is 39.3 Å². The Balaban J connectivity index is 1.60. The highest BCUT2D eigenvalue weighted by Gasteiger charge is 2.23. The summed E-state index contributed by atoms with van der Waals surface area (Å²) >= 11 is 0. The van der Waals surface area contributed by atoms with Crippen molar-refractivity contribution < 1.29 is 9.59 Å². The van der Waals surface area contributed by atoms with Crippen molar-refractivity contribution in [3.63, 3.8) is 0 Å². The first-order chi connectivity index (χ1) is 11.0. The Labute approximate surface area is 140 Å². The normalized spacial score (nSPS) is 26.9. The average Bonchev–Trinajstić information content (AvgIpc) is 2.67. The predicted molar refractivity (Wildman–Crippen MR) is 92.1 cm³/mol. The molecule has 0 aliphatic carbocycles. The first-order valence-corrected chi connectivity index (χ1v) is 9.31. The molecule has 0 spiro atoms. The van der Waals surface area contributed by atoms with Crippen molar-refractivity contribution in [1.82, 2.24) is 15.1 Å². The Hall–Kier alpha value is -1.10. The van der Waals surface area contributed by atoms with Crippen molar-refractivity contribution in [3.8, 4) is 0 Å². The van der Waals surface area contributed by atoms with E-state index in [4.69, 9.17) is 0 Å². The van der Waals surface area contributed by atoms with Gasteiger partial charge in [0.2, 0.25) is 11.8 Å². The molecular formula is C18H33N3O2. The van der Waals surface area contributed by atoms with Crippen LogP contribution in [0.1, 0.15) is 52.4 Å². The van der Waals surface area contributed by atoms with Gasteiger partial charge in [-0.25, -0.2) is 0 Å². The maximum absolute atomic E-state index is 12.1. The zero-order valence-corrected chi connectivity index (χ0v) is 14.9. The van der Waals surface area contributed by atoms with Crippen molar-refractivity contribution in [2.45, 2.75) is 52.4 Å². The van der Waals surface area contributed by atoms with Gasteiger partial charge in [0.1, 0.15) is 0 Å². The lowest BCUT2D eigenvalue weighted by Gasteiger charge is -2.34. The second kappa shape index (κ2) is 9.26. The van der Waals surface area contributed by atoms with Crippen LogP contribution in [-0.2, 0) is 9.59 Å². The third-order valence-electron chi connectivity index (χ3n) is 4.91. The summed E-state index contributed by atoms with van der Waals surface area (Å²) in [5.74, 6) is 1.76. The number of rotatable bonds is 6. The minimum Gasteiger partial charge on any atom is -0.355 e. The maximum atomic E-state index is 12.1. The fraction of sp³-hybridized carbons (Fsp3) is 0.889. The molecule has 2 heterocycles. The third kappa shape index (κ3) is 6.50. The van der Waals surface area contributed by atoms with Gasteiger partial charge in [-0.1, -0.05) is 20.3 Å². The molecule has 5 nitrogen and oxygen atoms in total. The smallest absolute Gasteiger partial charge is 0.234 e. The van der Waals surface area contributed by atoms with Crippen LogP contribution in [-0.4, -0.2) is 60.9 Å². The van der Waals surface area contributed by atoms with Gasteiger partial charge in [-0.3, -0.25) is 14.5 Å². The number of carbonyl (C=O) groups is 2. The lowest BCUT2D eigenvalue weighted by Crippen LogP contribution is -2.45. The minimum atomic E-state index is 0.119. The van der Waals surface area contributed by atoms with Crippen LogP contribution in [0.15, 0.2) is 0 Å². The second-order valence-corrected chi connectivity index (χ2v) is 7.54. The number of hydrogen-bond donors (Lipinski definition) is 1. The highest BCUT2D eigenvalue weighted by molar-refractivity contribution is 5.78. The van der Waals surface area contributed by atoms with E-state index < -0.39 is 0 Å². The average molecular weight is 323 g/mol. The second-order valence-electron chi connectivity index (χ2n) is 7.54. The van der Waals surface area contributed by atoms with Gasteiger partial charge < -0.3 is 10.2 Å². The van der Waals surface area contributed by atoms with Gasteiger partial charge in [0.15, 0.2) is 0 Å². The lowest BCUT2D eigenvalue weighted by atomic mass is 9.92. The molecule has 0 aromatic heterocycles. The Morgan fingerprint density at radius 3 is 2.65 bits per heavy atom. The van der Waals surface area contributed by atoms with E-state index in [1.807, 2.05) is 4.90 Å². The Bertz CT molecular complexity index is 390.